The third kappa shape index (κ3) is 6.03. The Morgan fingerprint density at radius 1 is 1.10 bits per heavy atom. The first-order valence-electron chi connectivity index (χ1n) is 8.94. The van der Waals surface area contributed by atoms with Crippen LogP contribution in [0.4, 0.5) is 0 Å². The summed E-state index contributed by atoms with van der Waals surface area (Å²) in [5.74, 6) is -0.307. The van der Waals surface area contributed by atoms with E-state index < -0.39 is 27.9 Å². The Kier molecular flexibility index (Phi) is 7.74. The van der Waals surface area contributed by atoms with E-state index in [1.165, 1.54) is 38.4 Å². The van der Waals surface area contributed by atoms with Crippen LogP contribution in [-0.2, 0) is 19.6 Å². The van der Waals surface area contributed by atoms with E-state index >= 15 is 0 Å². The summed E-state index contributed by atoms with van der Waals surface area (Å²) in [5, 5.41) is 2.80. The summed E-state index contributed by atoms with van der Waals surface area (Å²) in [6.07, 6.45) is -0.0566. The monoisotopic (exact) mass is 420 g/mol. The maximum Gasteiger partial charge on any atom is 0.308 e. The van der Waals surface area contributed by atoms with Crippen molar-refractivity contribution in [3.63, 3.8) is 0 Å². The van der Waals surface area contributed by atoms with Gasteiger partial charge in [-0.05, 0) is 55.9 Å². The lowest BCUT2D eigenvalue weighted by Crippen LogP contribution is -2.30. The highest BCUT2D eigenvalue weighted by molar-refractivity contribution is 7.89. The van der Waals surface area contributed by atoms with Crippen LogP contribution in [0.1, 0.15) is 35.3 Å². The lowest BCUT2D eigenvalue weighted by atomic mass is 10.0. The lowest BCUT2D eigenvalue weighted by molar-refractivity contribution is -0.143. The maximum absolute atomic E-state index is 12.7. The number of nitrogens with one attached hydrogen (secondary N) is 2. The van der Waals surface area contributed by atoms with Crippen LogP contribution in [0.5, 0.6) is 5.75 Å². The zero-order chi connectivity index (χ0) is 21.4. The topological polar surface area (TPSA) is 111 Å². The Morgan fingerprint density at radius 2 is 1.79 bits per heavy atom. The molecule has 0 fully saturated rings. The summed E-state index contributed by atoms with van der Waals surface area (Å²) >= 11 is 0. The zero-order valence-corrected chi connectivity index (χ0v) is 17.3. The molecule has 156 valence electrons. The highest BCUT2D eigenvalue weighted by atomic mass is 32.2. The molecule has 0 spiro atoms. The van der Waals surface area contributed by atoms with E-state index in [0.717, 1.165) is 0 Å². The number of carbonyl (C=O) groups is 2. The van der Waals surface area contributed by atoms with Crippen molar-refractivity contribution in [2.75, 3.05) is 20.8 Å². The molecule has 1 unspecified atom stereocenters. The molecule has 0 aliphatic heterocycles. The zero-order valence-electron chi connectivity index (χ0n) is 16.5. The molecule has 1 atom stereocenters. The van der Waals surface area contributed by atoms with Crippen LogP contribution in [0.25, 0.3) is 0 Å². The molecule has 9 heteroatoms. The first kappa shape index (κ1) is 22.4. The molecular formula is C20H24N2O6S. The Balaban J connectivity index is 2.25. The van der Waals surface area contributed by atoms with Crippen molar-refractivity contribution in [3.05, 3.63) is 59.7 Å². The Hall–Kier alpha value is -2.91. The van der Waals surface area contributed by atoms with Gasteiger partial charge in [0.25, 0.3) is 5.91 Å². The fourth-order valence-electron chi connectivity index (χ4n) is 2.64. The Labute approximate surface area is 170 Å². The fourth-order valence-corrected chi connectivity index (χ4v) is 3.37. The molecule has 0 aliphatic carbocycles. The molecule has 0 aromatic heterocycles. The quantitative estimate of drug-likeness (QED) is 0.601. The van der Waals surface area contributed by atoms with Crippen molar-refractivity contribution in [2.24, 2.45) is 0 Å². The van der Waals surface area contributed by atoms with Crippen molar-refractivity contribution < 1.29 is 27.5 Å². The van der Waals surface area contributed by atoms with Gasteiger partial charge >= 0.3 is 5.97 Å². The van der Waals surface area contributed by atoms with Gasteiger partial charge in [0.1, 0.15) is 5.75 Å². The molecule has 0 saturated carbocycles. The average molecular weight is 420 g/mol. The molecule has 0 aliphatic rings. The second-order valence-corrected chi connectivity index (χ2v) is 7.93. The van der Waals surface area contributed by atoms with Crippen molar-refractivity contribution >= 4 is 21.9 Å². The number of ether oxygens (including phenoxy) is 2. The van der Waals surface area contributed by atoms with Crippen molar-refractivity contribution in [2.45, 2.75) is 24.3 Å². The molecule has 2 N–H and O–H groups in total. The molecule has 0 heterocycles. The van der Waals surface area contributed by atoms with E-state index in [9.17, 15) is 18.0 Å². The minimum atomic E-state index is -3.59. The van der Waals surface area contributed by atoms with Crippen molar-refractivity contribution in [3.8, 4) is 5.75 Å². The van der Waals surface area contributed by atoms with Crippen LogP contribution in [0.15, 0.2) is 53.4 Å². The summed E-state index contributed by atoms with van der Waals surface area (Å²) < 4.78 is 36.1. The van der Waals surface area contributed by atoms with Gasteiger partial charge in [-0.15, -0.1) is 0 Å². The number of methoxy groups -OCH3 is 1. The Bertz CT molecular complexity index is 957. The summed E-state index contributed by atoms with van der Waals surface area (Å²) in [7, 11) is -0.757. The summed E-state index contributed by atoms with van der Waals surface area (Å²) in [4.78, 5) is 24.8. The number of amides is 1. The number of hydrogen-bond donors (Lipinski definition) is 2. The van der Waals surface area contributed by atoms with E-state index in [1.807, 2.05) is 0 Å². The van der Waals surface area contributed by atoms with E-state index in [1.54, 1.807) is 31.2 Å². The molecule has 0 bridgehead atoms. The molecular weight excluding hydrogens is 396 g/mol. The smallest absolute Gasteiger partial charge is 0.308 e. The second-order valence-electron chi connectivity index (χ2n) is 6.04. The SMILES string of the molecule is CCOC(=O)CC(NC(=O)c1ccc(S(=O)(=O)NC)cc1)c1cccc(OC)c1. The predicted molar refractivity (Wildman–Crippen MR) is 107 cm³/mol. The number of carbonyl (C=O) groups excluding carboxylic acids is 2. The first-order chi connectivity index (χ1) is 13.8. The summed E-state index contributed by atoms with van der Waals surface area (Å²) in [6, 6.07) is 11.9. The fraction of sp³-hybridized carbons (Fsp3) is 0.300. The standard InChI is InChI=1S/C20H24N2O6S/c1-4-28-19(23)13-18(15-6-5-7-16(12-15)27-3)22-20(24)14-8-10-17(11-9-14)29(25,26)21-2/h5-12,18,21H,4,13H2,1-3H3,(H,22,24). The minimum absolute atomic E-state index is 0.0485. The van der Waals surface area contributed by atoms with Gasteiger partial charge in [0.15, 0.2) is 0 Å². The third-order valence-corrected chi connectivity index (χ3v) is 5.60. The van der Waals surface area contributed by atoms with Crippen LogP contribution in [0.3, 0.4) is 0 Å². The molecule has 2 rings (SSSR count). The van der Waals surface area contributed by atoms with E-state index in [-0.39, 0.29) is 23.5 Å². The van der Waals surface area contributed by atoms with Gasteiger partial charge in [0.2, 0.25) is 10.0 Å². The van der Waals surface area contributed by atoms with Crippen LogP contribution in [0.2, 0.25) is 0 Å². The van der Waals surface area contributed by atoms with Crippen LogP contribution < -0.4 is 14.8 Å². The van der Waals surface area contributed by atoms with Gasteiger partial charge in [-0.1, -0.05) is 12.1 Å². The van der Waals surface area contributed by atoms with Crippen LogP contribution in [-0.4, -0.2) is 41.1 Å². The van der Waals surface area contributed by atoms with E-state index in [4.69, 9.17) is 9.47 Å². The van der Waals surface area contributed by atoms with Gasteiger partial charge in [-0.25, -0.2) is 13.1 Å². The molecule has 8 nitrogen and oxygen atoms in total. The summed E-state index contributed by atoms with van der Waals surface area (Å²) in [6.45, 7) is 1.94. The second kappa shape index (κ2) is 10.0. The van der Waals surface area contributed by atoms with Gasteiger partial charge in [-0.3, -0.25) is 9.59 Å². The largest absolute Gasteiger partial charge is 0.497 e. The van der Waals surface area contributed by atoms with E-state index in [0.29, 0.717) is 11.3 Å². The summed E-state index contributed by atoms with van der Waals surface area (Å²) in [5.41, 5.74) is 0.942. The highest BCUT2D eigenvalue weighted by Crippen LogP contribution is 2.23. The van der Waals surface area contributed by atoms with Gasteiger partial charge in [0, 0.05) is 5.56 Å². The van der Waals surface area contributed by atoms with E-state index in [2.05, 4.69) is 10.0 Å². The number of sulfonamides is 1. The van der Waals surface area contributed by atoms with Gasteiger partial charge in [-0.2, -0.15) is 0 Å². The maximum atomic E-state index is 12.7. The highest BCUT2D eigenvalue weighted by Gasteiger charge is 2.21. The molecule has 29 heavy (non-hydrogen) atoms. The normalized spacial score (nSPS) is 12.1. The van der Waals surface area contributed by atoms with Crippen LogP contribution in [0, 0.1) is 0 Å². The third-order valence-electron chi connectivity index (χ3n) is 4.17. The van der Waals surface area contributed by atoms with Gasteiger partial charge < -0.3 is 14.8 Å². The minimum Gasteiger partial charge on any atom is -0.497 e. The number of rotatable bonds is 9. The first-order valence-corrected chi connectivity index (χ1v) is 10.4. The average Bonchev–Trinajstić information content (AvgIpc) is 2.73. The van der Waals surface area contributed by atoms with Crippen molar-refractivity contribution in [1.82, 2.24) is 10.0 Å². The number of benzene rings is 2. The molecule has 1 amide bonds. The lowest BCUT2D eigenvalue weighted by Gasteiger charge is -2.19. The Morgan fingerprint density at radius 3 is 2.38 bits per heavy atom. The van der Waals surface area contributed by atoms with Crippen molar-refractivity contribution in [1.29, 1.82) is 0 Å². The van der Waals surface area contributed by atoms with Crippen LogP contribution >= 0.6 is 0 Å². The molecule has 0 saturated heterocycles. The van der Waals surface area contributed by atoms with Gasteiger partial charge in [0.05, 0.1) is 31.1 Å². The molecule has 2 aromatic carbocycles. The number of hydrogen-bond acceptors (Lipinski definition) is 6. The molecule has 2 aromatic rings. The number of esters is 1. The predicted octanol–water partition coefficient (Wildman–Crippen LogP) is 2.03. The molecule has 0 radical (unpaired) electrons.